The van der Waals surface area contributed by atoms with Crippen LogP contribution in [0, 0.1) is 0 Å². The first kappa shape index (κ1) is 78.9. The van der Waals surface area contributed by atoms with E-state index in [2.05, 4.69) is 45.1 Å². The van der Waals surface area contributed by atoms with Crippen LogP contribution in [-0.4, -0.2) is 37.2 Å². The van der Waals surface area contributed by atoms with Gasteiger partial charge in [-0.1, -0.05) is 373 Å². The maximum Gasteiger partial charge on any atom is 0.306 e. The highest BCUT2D eigenvalue weighted by atomic mass is 16.6. The first-order valence-corrected chi connectivity index (χ1v) is 36.8. The van der Waals surface area contributed by atoms with Gasteiger partial charge in [-0.3, -0.25) is 14.4 Å². The van der Waals surface area contributed by atoms with Gasteiger partial charge in [0.1, 0.15) is 13.2 Å². The lowest BCUT2D eigenvalue weighted by Crippen LogP contribution is -2.30. The summed E-state index contributed by atoms with van der Waals surface area (Å²) in [5.41, 5.74) is 0. The van der Waals surface area contributed by atoms with Gasteiger partial charge in [0.25, 0.3) is 0 Å². The highest BCUT2D eigenvalue weighted by Crippen LogP contribution is 2.19. The van der Waals surface area contributed by atoms with E-state index >= 15 is 0 Å². The van der Waals surface area contributed by atoms with Crippen molar-refractivity contribution in [3.63, 3.8) is 0 Å². The maximum absolute atomic E-state index is 12.9. The number of hydrogen-bond donors (Lipinski definition) is 0. The first-order chi connectivity index (χ1) is 40.0. The zero-order chi connectivity index (χ0) is 58.5. The average Bonchev–Trinajstić information content (AvgIpc) is 3.47. The Labute approximate surface area is 506 Å². The van der Waals surface area contributed by atoms with Crippen LogP contribution in [0.3, 0.4) is 0 Å². The predicted octanol–water partition coefficient (Wildman–Crippen LogP) is 25.3. The minimum atomic E-state index is -0.764. The van der Waals surface area contributed by atoms with E-state index in [1.165, 1.54) is 315 Å². The topological polar surface area (TPSA) is 78.9 Å². The number of unbranched alkanes of at least 4 members (excludes halogenated alkanes) is 54. The molecule has 478 valence electrons. The molecule has 0 aliphatic carbocycles. The summed E-state index contributed by atoms with van der Waals surface area (Å²) in [6.45, 7) is 6.65. The van der Waals surface area contributed by atoms with E-state index in [-0.39, 0.29) is 31.1 Å². The smallest absolute Gasteiger partial charge is 0.306 e. The minimum absolute atomic E-state index is 0.0639. The zero-order valence-corrected chi connectivity index (χ0v) is 55.1. The van der Waals surface area contributed by atoms with Crippen molar-refractivity contribution in [2.45, 2.75) is 425 Å². The summed E-state index contributed by atoms with van der Waals surface area (Å²) >= 11 is 0. The molecule has 0 aromatic rings. The third-order valence-corrected chi connectivity index (χ3v) is 17.0. The molecule has 0 aromatic heterocycles. The Morgan fingerprint density at radius 1 is 0.247 bits per heavy atom. The Balaban J connectivity index is 3.91. The molecule has 0 fully saturated rings. The Kier molecular flexibility index (Phi) is 68.5. The molecule has 0 heterocycles. The number of allylic oxidation sites excluding steroid dienone is 4. The van der Waals surface area contributed by atoms with E-state index in [9.17, 15) is 14.4 Å². The van der Waals surface area contributed by atoms with Crippen LogP contribution in [0.15, 0.2) is 24.3 Å². The van der Waals surface area contributed by atoms with Gasteiger partial charge < -0.3 is 14.2 Å². The van der Waals surface area contributed by atoms with Gasteiger partial charge in [-0.2, -0.15) is 0 Å². The van der Waals surface area contributed by atoms with Gasteiger partial charge in [0.2, 0.25) is 0 Å². The Morgan fingerprint density at radius 2 is 0.444 bits per heavy atom. The summed E-state index contributed by atoms with van der Waals surface area (Å²) in [6.07, 6.45) is 87.0. The minimum Gasteiger partial charge on any atom is -0.462 e. The lowest BCUT2D eigenvalue weighted by molar-refractivity contribution is -0.167. The molecule has 0 rings (SSSR count). The van der Waals surface area contributed by atoms with E-state index in [0.29, 0.717) is 19.3 Å². The van der Waals surface area contributed by atoms with Crippen LogP contribution in [0.4, 0.5) is 0 Å². The third-order valence-electron chi connectivity index (χ3n) is 17.0. The van der Waals surface area contributed by atoms with Crippen LogP contribution in [0.2, 0.25) is 0 Å². The molecule has 6 nitrogen and oxygen atoms in total. The molecular formula is C75H142O6. The fourth-order valence-corrected chi connectivity index (χ4v) is 11.4. The molecule has 0 saturated heterocycles. The number of hydrogen-bond acceptors (Lipinski definition) is 6. The van der Waals surface area contributed by atoms with E-state index in [1.54, 1.807) is 0 Å². The monoisotopic (exact) mass is 1140 g/mol. The van der Waals surface area contributed by atoms with Crippen molar-refractivity contribution in [3.05, 3.63) is 24.3 Å². The molecule has 0 bridgehead atoms. The normalized spacial score (nSPS) is 12.1. The molecular weight excluding hydrogens is 997 g/mol. The van der Waals surface area contributed by atoms with E-state index in [1.807, 2.05) is 0 Å². The molecule has 0 spiro atoms. The molecule has 0 aliphatic heterocycles. The predicted molar refractivity (Wildman–Crippen MR) is 353 cm³/mol. The van der Waals surface area contributed by atoms with Crippen molar-refractivity contribution in [1.82, 2.24) is 0 Å². The Bertz CT molecular complexity index is 1310. The van der Waals surface area contributed by atoms with Crippen LogP contribution in [0.25, 0.3) is 0 Å². The van der Waals surface area contributed by atoms with Gasteiger partial charge in [-0.15, -0.1) is 0 Å². The lowest BCUT2D eigenvalue weighted by atomic mass is 10.0. The Hall–Kier alpha value is -2.11. The van der Waals surface area contributed by atoms with Crippen LogP contribution >= 0.6 is 0 Å². The fraction of sp³-hybridized carbons (Fsp3) is 0.907. The van der Waals surface area contributed by atoms with Crippen molar-refractivity contribution >= 4 is 17.9 Å². The second kappa shape index (κ2) is 70.4. The quantitative estimate of drug-likeness (QED) is 0.0261. The number of esters is 3. The molecule has 81 heavy (non-hydrogen) atoms. The van der Waals surface area contributed by atoms with E-state index in [4.69, 9.17) is 14.2 Å². The Morgan fingerprint density at radius 3 is 0.679 bits per heavy atom. The van der Waals surface area contributed by atoms with Crippen molar-refractivity contribution < 1.29 is 28.6 Å². The SMILES string of the molecule is CCCCCCC/C=C\C/C=C\CCCCCCCCCCCCCCCCCCCCCCCC(=O)OCC(COC(=O)CCCCCCCC)OC(=O)CCCCCCCCCCCCCCCCCCCCCCCCCC. The van der Waals surface area contributed by atoms with Crippen LogP contribution in [0.5, 0.6) is 0 Å². The first-order valence-electron chi connectivity index (χ1n) is 36.8. The molecule has 0 aromatic carbocycles. The van der Waals surface area contributed by atoms with Crippen molar-refractivity contribution in [3.8, 4) is 0 Å². The number of ether oxygens (including phenoxy) is 3. The van der Waals surface area contributed by atoms with Gasteiger partial charge in [-0.25, -0.2) is 0 Å². The maximum atomic E-state index is 12.9. The second-order valence-corrected chi connectivity index (χ2v) is 25.2. The number of carbonyl (C=O) groups is 3. The lowest BCUT2D eigenvalue weighted by Gasteiger charge is -2.18. The standard InChI is InChI=1S/C75H142O6/c1-4-7-10-13-16-18-20-22-24-26-28-30-32-34-35-36-37-38-39-40-41-42-44-45-47-49-51-53-55-57-59-62-65-68-74(77)80-71-72(70-79-73(76)67-64-61-15-12-9-6-3)81-75(78)69-66-63-60-58-56-54-52-50-48-46-43-33-31-29-27-25-23-21-19-17-14-11-8-5-2/h20,22,26,28,72H,4-19,21,23-25,27,29-71H2,1-3H3/b22-20-,28-26-. The van der Waals surface area contributed by atoms with Crippen LogP contribution in [0.1, 0.15) is 419 Å². The van der Waals surface area contributed by atoms with E-state index in [0.717, 1.165) is 64.2 Å². The summed E-state index contributed by atoms with van der Waals surface area (Å²) in [5, 5.41) is 0. The summed E-state index contributed by atoms with van der Waals surface area (Å²) < 4.78 is 16.9. The number of carbonyl (C=O) groups excluding carboxylic acids is 3. The van der Waals surface area contributed by atoms with Gasteiger partial charge in [-0.05, 0) is 51.4 Å². The van der Waals surface area contributed by atoms with Crippen molar-refractivity contribution in [2.24, 2.45) is 0 Å². The van der Waals surface area contributed by atoms with Gasteiger partial charge >= 0.3 is 17.9 Å². The van der Waals surface area contributed by atoms with Crippen LogP contribution in [-0.2, 0) is 28.6 Å². The summed E-state index contributed by atoms with van der Waals surface area (Å²) in [5.74, 6) is -0.842. The van der Waals surface area contributed by atoms with Gasteiger partial charge in [0.05, 0.1) is 0 Å². The zero-order valence-electron chi connectivity index (χ0n) is 55.1. The van der Waals surface area contributed by atoms with Crippen molar-refractivity contribution in [2.75, 3.05) is 13.2 Å². The highest BCUT2D eigenvalue weighted by molar-refractivity contribution is 5.71. The number of rotatable bonds is 69. The summed E-state index contributed by atoms with van der Waals surface area (Å²) in [7, 11) is 0. The second-order valence-electron chi connectivity index (χ2n) is 25.2. The molecule has 6 heteroatoms. The molecule has 0 amide bonds. The largest absolute Gasteiger partial charge is 0.462 e. The summed E-state index contributed by atoms with van der Waals surface area (Å²) in [6, 6.07) is 0. The van der Waals surface area contributed by atoms with Crippen LogP contribution < -0.4 is 0 Å². The molecule has 1 unspecified atom stereocenters. The molecule has 0 radical (unpaired) electrons. The average molecular weight is 1140 g/mol. The van der Waals surface area contributed by atoms with E-state index < -0.39 is 6.10 Å². The molecule has 0 aliphatic rings. The highest BCUT2D eigenvalue weighted by Gasteiger charge is 2.19. The molecule has 1 atom stereocenters. The summed E-state index contributed by atoms with van der Waals surface area (Å²) in [4.78, 5) is 38.1. The third kappa shape index (κ3) is 68.6. The molecule has 0 N–H and O–H groups in total. The fourth-order valence-electron chi connectivity index (χ4n) is 11.4. The molecule has 0 saturated carbocycles. The van der Waals surface area contributed by atoms with Gasteiger partial charge in [0.15, 0.2) is 6.10 Å². The van der Waals surface area contributed by atoms with Crippen molar-refractivity contribution in [1.29, 1.82) is 0 Å². The van der Waals surface area contributed by atoms with Gasteiger partial charge in [0, 0.05) is 19.3 Å².